The number of anilines is 1. The Balaban J connectivity index is 1.93. The summed E-state index contributed by atoms with van der Waals surface area (Å²) in [5.41, 5.74) is 7.16. The second-order valence-electron chi connectivity index (χ2n) is 4.62. The molecule has 1 aromatic rings. The van der Waals surface area contributed by atoms with Crippen molar-refractivity contribution in [1.29, 1.82) is 0 Å². The summed E-state index contributed by atoms with van der Waals surface area (Å²) >= 11 is 0. The van der Waals surface area contributed by atoms with Crippen LogP contribution in [-0.2, 0) is 4.74 Å². The van der Waals surface area contributed by atoms with Gasteiger partial charge in [-0.3, -0.25) is 0 Å². The molecule has 2 rings (SSSR count). The molecule has 0 saturated heterocycles. The van der Waals surface area contributed by atoms with Crippen molar-refractivity contribution >= 4 is 5.69 Å². The molecule has 1 heterocycles. The number of rotatable bonds is 3. The molecule has 1 aromatic carbocycles. The van der Waals surface area contributed by atoms with E-state index in [9.17, 15) is 0 Å². The average molecular weight is 232 g/mol. The topological polar surface area (TPSA) is 47.3 Å². The fraction of sp³-hybridized carbons (Fsp3) is 0.429. The van der Waals surface area contributed by atoms with Gasteiger partial charge < -0.3 is 15.8 Å². The van der Waals surface area contributed by atoms with Crippen LogP contribution >= 0.6 is 0 Å². The van der Waals surface area contributed by atoms with Crippen molar-refractivity contribution in [1.82, 2.24) is 0 Å². The monoisotopic (exact) mass is 232 g/mol. The smallest absolute Gasteiger partial charge is 0.120 e. The minimum absolute atomic E-state index is 0.0892. The second-order valence-corrected chi connectivity index (χ2v) is 4.62. The van der Waals surface area contributed by atoms with Crippen molar-refractivity contribution in [2.75, 3.05) is 11.9 Å². The zero-order valence-electron chi connectivity index (χ0n) is 10.4. The summed E-state index contributed by atoms with van der Waals surface area (Å²) in [6.07, 6.45) is 2.12. The summed E-state index contributed by atoms with van der Waals surface area (Å²) in [5, 5.41) is 3.38. The molecule has 0 bridgehead atoms. The molecule has 3 N–H and O–H groups in total. The second kappa shape index (κ2) is 5.23. The van der Waals surface area contributed by atoms with Gasteiger partial charge in [-0.25, -0.2) is 0 Å². The Bertz CT molecular complexity index is 388. The molecule has 17 heavy (non-hydrogen) atoms. The van der Waals surface area contributed by atoms with Gasteiger partial charge in [-0.15, -0.1) is 0 Å². The summed E-state index contributed by atoms with van der Waals surface area (Å²) in [4.78, 5) is 0. The zero-order chi connectivity index (χ0) is 12.3. The third-order valence-corrected chi connectivity index (χ3v) is 3.24. The fourth-order valence-corrected chi connectivity index (χ4v) is 2.06. The van der Waals surface area contributed by atoms with Crippen LogP contribution in [-0.4, -0.2) is 18.7 Å². The number of nitrogens with one attached hydrogen (secondary N) is 1. The van der Waals surface area contributed by atoms with Gasteiger partial charge in [-0.1, -0.05) is 25.1 Å². The third kappa shape index (κ3) is 3.01. The van der Waals surface area contributed by atoms with E-state index in [1.165, 1.54) is 0 Å². The van der Waals surface area contributed by atoms with Gasteiger partial charge in [0.1, 0.15) is 6.10 Å². The molecule has 0 spiro atoms. The Morgan fingerprint density at radius 3 is 2.71 bits per heavy atom. The quantitative estimate of drug-likeness (QED) is 0.841. The molecule has 1 unspecified atom stereocenters. The Kier molecular flexibility index (Phi) is 3.69. The van der Waals surface area contributed by atoms with Crippen LogP contribution in [0.4, 0.5) is 5.69 Å². The number of hydrogen-bond donors (Lipinski definition) is 2. The van der Waals surface area contributed by atoms with Crippen LogP contribution < -0.4 is 11.1 Å². The van der Waals surface area contributed by atoms with Crippen molar-refractivity contribution in [2.45, 2.75) is 26.0 Å². The summed E-state index contributed by atoms with van der Waals surface area (Å²) in [5.74, 6) is 1.25. The van der Waals surface area contributed by atoms with E-state index in [4.69, 9.17) is 10.5 Å². The van der Waals surface area contributed by atoms with E-state index in [2.05, 4.69) is 24.4 Å². The highest BCUT2D eigenvalue weighted by atomic mass is 16.5. The molecule has 92 valence electrons. The van der Waals surface area contributed by atoms with Gasteiger partial charge in [-0.2, -0.15) is 0 Å². The largest absolute Gasteiger partial charge is 0.493 e. The molecule has 3 heteroatoms. The van der Waals surface area contributed by atoms with Gasteiger partial charge in [0.2, 0.25) is 0 Å². The number of nitrogens with two attached hydrogens (primary N) is 1. The van der Waals surface area contributed by atoms with E-state index >= 15 is 0 Å². The molecule has 0 amide bonds. The lowest BCUT2D eigenvalue weighted by atomic mass is 9.93. The van der Waals surface area contributed by atoms with Gasteiger partial charge in [0.25, 0.3) is 0 Å². The predicted molar refractivity (Wildman–Crippen MR) is 70.7 cm³/mol. The molecule has 1 aliphatic heterocycles. The highest BCUT2D eigenvalue weighted by Crippen LogP contribution is 2.22. The molecule has 3 atom stereocenters. The first-order valence-corrected chi connectivity index (χ1v) is 6.06. The van der Waals surface area contributed by atoms with Crippen molar-refractivity contribution in [3.8, 4) is 0 Å². The summed E-state index contributed by atoms with van der Waals surface area (Å²) in [6.45, 7) is 4.87. The first kappa shape index (κ1) is 12.0. The Hall–Kier alpha value is -1.48. The van der Waals surface area contributed by atoms with Gasteiger partial charge >= 0.3 is 0 Å². The highest BCUT2D eigenvalue weighted by molar-refractivity contribution is 5.42. The Morgan fingerprint density at radius 2 is 2.00 bits per heavy atom. The maximum Gasteiger partial charge on any atom is 0.120 e. The fourth-order valence-electron chi connectivity index (χ4n) is 2.06. The van der Waals surface area contributed by atoms with E-state index in [1.807, 2.05) is 31.2 Å². The summed E-state index contributed by atoms with van der Waals surface area (Å²) in [7, 11) is 0. The molecule has 0 fully saturated rings. The molecule has 0 saturated carbocycles. The van der Waals surface area contributed by atoms with Crippen molar-refractivity contribution in [2.24, 2.45) is 11.7 Å². The van der Waals surface area contributed by atoms with E-state index < -0.39 is 0 Å². The SMILES string of the molecule is CC1=C[C@@H](N)[C@@H](C)C(CNc2ccccc2)O1. The maximum atomic E-state index is 6.04. The van der Waals surface area contributed by atoms with Gasteiger partial charge in [0.05, 0.1) is 12.3 Å². The van der Waals surface area contributed by atoms with E-state index in [0.29, 0.717) is 5.92 Å². The lowest BCUT2D eigenvalue weighted by Gasteiger charge is -2.33. The normalized spacial score (nSPS) is 28.2. The minimum Gasteiger partial charge on any atom is -0.493 e. The molecule has 1 aliphatic rings. The molecular weight excluding hydrogens is 212 g/mol. The molecule has 0 radical (unpaired) electrons. The van der Waals surface area contributed by atoms with Crippen molar-refractivity contribution < 1.29 is 4.74 Å². The summed E-state index contributed by atoms with van der Waals surface area (Å²) in [6, 6.07) is 10.2. The Labute approximate surface area is 103 Å². The van der Waals surface area contributed by atoms with Crippen LogP contribution in [0.3, 0.4) is 0 Å². The van der Waals surface area contributed by atoms with Gasteiger partial charge in [-0.05, 0) is 25.1 Å². The molecule has 3 nitrogen and oxygen atoms in total. The molecule has 0 aromatic heterocycles. The van der Waals surface area contributed by atoms with Crippen molar-refractivity contribution in [3.05, 3.63) is 42.2 Å². The van der Waals surface area contributed by atoms with Crippen LogP contribution in [0.15, 0.2) is 42.2 Å². The predicted octanol–water partition coefficient (Wildman–Crippen LogP) is 2.36. The number of hydrogen-bond acceptors (Lipinski definition) is 3. The first-order chi connectivity index (χ1) is 8.16. The minimum atomic E-state index is 0.0892. The van der Waals surface area contributed by atoms with E-state index in [1.54, 1.807) is 0 Å². The van der Waals surface area contributed by atoms with Gasteiger partial charge in [0.15, 0.2) is 0 Å². The van der Waals surface area contributed by atoms with Crippen LogP contribution in [0.5, 0.6) is 0 Å². The maximum absolute atomic E-state index is 6.04. The van der Waals surface area contributed by atoms with Crippen molar-refractivity contribution in [3.63, 3.8) is 0 Å². The average Bonchev–Trinajstić information content (AvgIpc) is 2.33. The molecular formula is C14H20N2O. The van der Waals surface area contributed by atoms with E-state index in [-0.39, 0.29) is 12.1 Å². The van der Waals surface area contributed by atoms with Crippen LogP contribution in [0, 0.1) is 5.92 Å². The number of allylic oxidation sites excluding steroid dienone is 1. The highest BCUT2D eigenvalue weighted by Gasteiger charge is 2.27. The first-order valence-electron chi connectivity index (χ1n) is 6.06. The number of benzene rings is 1. The zero-order valence-corrected chi connectivity index (χ0v) is 10.4. The Morgan fingerprint density at radius 1 is 1.29 bits per heavy atom. The van der Waals surface area contributed by atoms with Crippen LogP contribution in [0.25, 0.3) is 0 Å². The summed E-state index contributed by atoms with van der Waals surface area (Å²) < 4.78 is 5.81. The van der Waals surface area contributed by atoms with E-state index in [0.717, 1.165) is 18.0 Å². The van der Waals surface area contributed by atoms with Crippen LogP contribution in [0.1, 0.15) is 13.8 Å². The lowest BCUT2D eigenvalue weighted by molar-refractivity contribution is 0.0591. The number of para-hydroxylation sites is 1. The lowest BCUT2D eigenvalue weighted by Crippen LogP contribution is -2.43. The standard InChI is InChI=1S/C14H20N2O/c1-10-8-13(15)11(2)14(17-10)9-16-12-6-4-3-5-7-12/h3-8,11,13-14,16H,9,15H2,1-2H3/t11-,13-,14?/m1/s1. The molecule has 0 aliphatic carbocycles. The van der Waals surface area contributed by atoms with Gasteiger partial charge in [0, 0.05) is 17.6 Å². The number of ether oxygens (including phenoxy) is 1. The van der Waals surface area contributed by atoms with Crippen LogP contribution in [0.2, 0.25) is 0 Å². The third-order valence-electron chi connectivity index (χ3n) is 3.24.